The van der Waals surface area contributed by atoms with Crippen LogP contribution >= 0.6 is 12.2 Å². The number of thiocarbonyl (C=S) groups is 1. The second-order valence-electron chi connectivity index (χ2n) is 4.16. The molecule has 3 aromatic rings. The number of fused-ring (bicyclic) bond motifs is 1. The van der Waals surface area contributed by atoms with E-state index in [1.807, 2.05) is 30.3 Å². The summed E-state index contributed by atoms with van der Waals surface area (Å²) >= 11 is 5.02. The Hall–Kier alpha value is -2.60. The summed E-state index contributed by atoms with van der Waals surface area (Å²) in [5, 5.41) is 12.1. The number of pyridine rings is 1. The Morgan fingerprint density at radius 1 is 1.10 bits per heavy atom. The fourth-order valence-electron chi connectivity index (χ4n) is 1.96. The lowest BCUT2D eigenvalue weighted by Crippen LogP contribution is -2.13. The highest BCUT2D eigenvalue weighted by atomic mass is 32.1. The van der Waals surface area contributed by atoms with Gasteiger partial charge >= 0.3 is 0 Å². The third kappa shape index (κ3) is 2.28. The summed E-state index contributed by atoms with van der Waals surface area (Å²) in [6.07, 6.45) is 3.32. The molecule has 98 valence electrons. The molecule has 0 aliphatic carbocycles. The van der Waals surface area contributed by atoms with Gasteiger partial charge in [-0.2, -0.15) is 5.10 Å². The lowest BCUT2D eigenvalue weighted by molar-refractivity contribution is 1.03. The van der Waals surface area contributed by atoms with Crippen LogP contribution in [0.5, 0.6) is 0 Å². The Morgan fingerprint density at radius 2 is 2.00 bits per heavy atom. The van der Waals surface area contributed by atoms with Gasteiger partial charge in [0.2, 0.25) is 0 Å². The Balaban J connectivity index is 2.08. The van der Waals surface area contributed by atoms with Crippen molar-refractivity contribution in [3.8, 4) is 0 Å². The largest absolute Gasteiger partial charge is 0.389 e. The molecule has 3 rings (SSSR count). The number of nitrogens with one attached hydrogen (secondary N) is 1. The van der Waals surface area contributed by atoms with E-state index < -0.39 is 0 Å². The number of hydrogen-bond donors (Lipinski definition) is 2. The molecule has 0 saturated heterocycles. The van der Waals surface area contributed by atoms with Crippen molar-refractivity contribution in [3.05, 3.63) is 54.4 Å². The topological polar surface area (TPSA) is 76.7 Å². The van der Waals surface area contributed by atoms with Crippen molar-refractivity contribution in [2.24, 2.45) is 5.73 Å². The first-order valence-electron chi connectivity index (χ1n) is 5.98. The molecular weight excluding hydrogens is 270 g/mol. The number of nitrogens with zero attached hydrogens (tertiary/aromatic N) is 3. The van der Waals surface area contributed by atoms with Crippen LogP contribution in [0, 0.1) is 0 Å². The van der Waals surface area contributed by atoms with Gasteiger partial charge in [-0.1, -0.05) is 18.3 Å². The first-order valence-corrected chi connectivity index (χ1v) is 6.39. The number of anilines is 2. The molecule has 3 N–H and O–H groups in total. The van der Waals surface area contributed by atoms with Crippen molar-refractivity contribution >= 4 is 39.6 Å². The van der Waals surface area contributed by atoms with Crippen molar-refractivity contribution in [2.45, 2.75) is 0 Å². The molecule has 2 heterocycles. The van der Waals surface area contributed by atoms with Gasteiger partial charge in [-0.15, -0.1) is 5.10 Å². The third-order valence-electron chi connectivity index (χ3n) is 2.88. The number of rotatable bonds is 3. The molecule has 0 atom stereocenters. The smallest absolute Gasteiger partial charge is 0.163 e. The summed E-state index contributed by atoms with van der Waals surface area (Å²) in [7, 11) is 0. The molecule has 0 aliphatic rings. The van der Waals surface area contributed by atoms with Crippen LogP contribution in [0.3, 0.4) is 0 Å². The maximum absolute atomic E-state index is 5.69. The first-order chi connectivity index (χ1) is 9.75. The lowest BCUT2D eigenvalue weighted by Gasteiger charge is -2.10. The fraction of sp³-hybridized carbons (Fsp3) is 0. The standard InChI is InChI=1S/C14H11N5S/c15-13(20)10-6-8-17-19-14(10)18-12-5-1-4-11-9(12)3-2-7-16-11/h1-8H,(H2,15,20)(H,18,19). The summed E-state index contributed by atoms with van der Waals surface area (Å²) in [6.45, 7) is 0. The summed E-state index contributed by atoms with van der Waals surface area (Å²) < 4.78 is 0. The van der Waals surface area contributed by atoms with E-state index in [1.165, 1.54) is 0 Å². The van der Waals surface area contributed by atoms with Crippen molar-refractivity contribution in [1.82, 2.24) is 15.2 Å². The molecule has 0 aliphatic heterocycles. The Labute approximate surface area is 120 Å². The van der Waals surface area contributed by atoms with Crippen molar-refractivity contribution in [3.63, 3.8) is 0 Å². The minimum absolute atomic E-state index is 0.278. The van der Waals surface area contributed by atoms with Crippen molar-refractivity contribution < 1.29 is 0 Å². The van der Waals surface area contributed by atoms with E-state index in [1.54, 1.807) is 18.5 Å². The SMILES string of the molecule is NC(=S)c1ccnnc1Nc1cccc2ncccc12. The first kappa shape index (κ1) is 12.4. The van der Waals surface area contributed by atoms with Gasteiger partial charge in [-0.3, -0.25) is 4.98 Å². The minimum atomic E-state index is 0.278. The van der Waals surface area contributed by atoms with Gasteiger partial charge in [0.1, 0.15) is 4.99 Å². The highest BCUT2D eigenvalue weighted by molar-refractivity contribution is 7.80. The Kier molecular flexibility index (Phi) is 3.22. The molecule has 0 radical (unpaired) electrons. The normalized spacial score (nSPS) is 10.4. The van der Waals surface area contributed by atoms with E-state index in [4.69, 9.17) is 18.0 Å². The number of aromatic nitrogens is 3. The van der Waals surface area contributed by atoms with E-state index in [9.17, 15) is 0 Å². The van der Waals surface area contributed by atoms with Crippen LogP contribution < -0.4 is 11.1 Å². The molecule has 0 fully saturated rings. The van der Waals surface area contributed by atoms with Gasteiger partial charge in [-0.25, -0.2) is 0 Å². The van der Waals surface area contributed by atoms with Gasteiger partial charge in [-0.05, 0) is 30.3 Å². The van der Waals surface area contributed by atoms with Crippen LogP contribution in [0.15, 0.2) is 48.8 Å². The molecular formula is C14H11N5S. The molecule has 0 saturated carbocycles. The third-order valence-corrected chi connectivity index (χ3v) is 3.10. The van der Waals surface area contributed by atoms with Gasteiger partial charge in [0.05, 0.1) is 17.3 Å². The predicted octanol–water partition coefficient (Wildman–Crippen LogP) is 2.40. The van der Waals surface area contributed by atoms with Crippen LogP contribution in [0.1, 0.15) is 5.56 Å². The molecule has 0 spiro atoms. The second-order valence-corrected chi connectivity index (χ2v) is 4.60. The van der Waals surface area contributed by atoms with E-state index in [2.05, 4.69) is 20.5 Å². The molecule has 1 aromatic carbocycles. The number of nitrogens with two attached hydrogens (primary N) is 1. The van der Waals surface area contributed by atoms with Gasteiger partial charge in [0, 0.05) is 17.3 Å². The average molecular weight is 281 g/mol. The van der Waals surface area contributed by atoms with Gasteiger partial charge < -0.3 is 11.1 Å². The number of benzene rings is 1. The van der Waals surface area contributed by atoms with Crippen molar-refractivity contribution in [2.75, 3.05) is 5.32 Å². The van der Waals surface area contributed by atoms with E-state index in [0.29, 0.717) is 11.4 Å². The maximum Gasteiger partial charge on any atom is 0.163 e. The molecule has 0 unspecified atom stereocenters. The average Bonchev–Trinajstić information content (AvgIpc) is 2.48. The highest BCUT2D eigenvalue weighted by Gasteiger charge is 2.08. The monoisotopic (exact) mass is 281 g/mol. The zero-order chi connectivity index (χ0) is 13.9. The summed E-state index contributed by atoms with van der Waals surface area (Å²) in [5.74, 6) is 0.538. The number of hydrogen-bond acceptors (Lipinski definition) is 5. The highest BCUT2D eigenvalue weighted by Crippen LogP contribution is 2.25. The van der Waals surface area contributed by atoms with E-state index in [0.717, 1.165) is 16.6 Å². The predicted molar refractivity (Wildman–Crippen MR) is 82.9 cm³/mol. The lowest BCUT2D eigenvalue weighted by atomic mass is 10.1. The van der Waals surface area contributed by atoms with Crippen LogP contribution in [0.4, 0.5) is 11.5 Å². The molecule has 20 heavy (non-hydrogen) atoms. The maximum atomic E-state index is 5.69. The van der Waals surface area contributed by atoms with Crippen LogP contribution in [0.2, 0.25) is 0 Å². The molecule has 5 nitrogen and oxygen atoms in total. The molecule has 2 aromatic heterocycles. The van der Waals surface area contributed by atoms with Gasteiger partial charge in [0.25, 0.3) is 0 Å². The second kappa shape index (κ2) is 5.18. The zero-order valence-corrected chi connectivity index (χ0v) is 11.3. The fourth-order valence-corrected chi connectivity index (χ4v) is 2.13. The Bertz CT molecular complexity index is 782. The summed E-state index contributed by atoms with van der Waals surface area (Å²) in [4.78, 5) is 4.59. The zero-order valence-electron chi connectivity index (χ0n) is 10.4. The summed E-state index contributed by atoms with van der Waals surface area (Å²) in [6, 6.07) is 11.4. The molecule has 6 heteroatoms. The van der Waals surface area contributed by atoms with Crippen LogP contribution in [-0.4, -0.2) is 20.2 Å². The van der Waals surface area contributed by atoms with E-state index >= 15 is 0 Å². The molecule has 0 bridgehead atoms. The summed E-state index contributed by atoms with van der Waals surface area (Å²) in [5.41, 5.74) is 8.14. The minimum Gasteiger partial charge on any atom is -0.389 e. The molecule has 0 amide bonds. The van der Waals surface area contributed by atoms with Crippen LogP contribution in [-0.2, 0) is 0 Å². The quantitative estimate of drug-likeness (QED) is 0.718. The van der Waals surface area contributed by atoms with E-state index in [-0.39, 0.29) is 4.99 Å². The van der Waals surface area contributed by atoms with Crippen molar-refractivity contribution in [1.29, 1.82) is 0 Å². The van der Waals surface area contributed by atoms with Gasteiger partial charge in [0.15, 0.2) is 5.82 Å². The van der Waals surface area contributed by atoms with Crippen LogP contribution in [0.25, 0.3) is 10.9 Å². The Morgan fingerprint density at radius 3 is 2.85 bits per heavy atom.